The molecule has 30 heavy (non-hydrogen) atoms. The molecule has 1 N–H and O–H groups in total. The van der Waals surface area contributed by atoms with Crippen molar-refractivity contribution in [3.63, 3.8) is 0 Å². The zero-order chi connectivity index (χ0) is 21.5. The molecule has 0 spiro atoms. The van der Waals surface area contributed by atoms with Gasteiger partial charge in [0.05, 0.1) is 12.9 Å². The van der Waals surface area contributed by atoms with Crippen molar-refractivity contribution in [1.29, 1.82) is 0 Å². The van der Waals surface area contributed by atoms with E-state index in [0.717, 1.165) is 41.5 Å². The van der Waals surface area contributed by atoms with Gasteiger partial charge in [-0.1, -0.05) is 55.9 Å². The van der Waals surface area contributed by atoms with E-state index in [-0.39, 0.29) is 11.7 Å². The lowest BCUT2D eigenvalue weighted by molar-refractivity contribution is -0.113. The maximum atomic E-state index is 12.6. The summed E-state index contributed by atoms with van der Waals surface area (Å²) in [5.41, 5.74) is 2.00. The third-order valence-electron chi connectivity index (χ3n) is 4.41. The van der Waals surface area contributed by atoms with Gasteiger partial charge in [-0.3, -0.25) is 4.79 Å². The van der Waals surface area contributed by atoms with Gasteiger partial charge in [0.2, 0.25) is 5.91 Å². The number of thioether (sulfide) groups is 1. The second-order valence-electron chi connectivity index (χ2n) is 6.45. The summed E-state index contributed by atoms with van der Waals surface area (Å²) in [6.07, 6.45) is 1.75. The van der Waals surface area contributed by atoms with Crippen molar-refractivity contribution in [1.82, 2.24) is 14.8 Å². The van der Waals surface area contributed by atoms with Gasteiger partial charge in [-0.25, -0.2) is 4.79 Å². The number of hydrogen-bond donors (Lipinski definition) is 1. The molecule has 2 heterocycles. The van der Waals surface area contributed by atoms with E-state index in [1.54, 1.807) is 0 Å². The van der Waals surface area contributed by atoms with E-state index in [4.69, 9.17) is 4.74 Å². The van der Waals surface area contributed by atoms with Gasteiger partial charge in [0.1, 0.15) is 16.4 Å². The zero-order valence-corrected chi connectivity index (χ0v) is 18.8. The van der Waals surface area contributed by atoms with Crippen molar-refractivity contribution in [2.24, 2.45) is 0 Å². The highest BCUT2D eigenvalue weighted by molar-refractivity contribution is 7.99. The average Bonchev–Trinajstić information content (AvgIpc) is 3.36. The minimum Gasteiger partial charge on any atom is -0.465 e. The summed E-state index contributed by atoms with van der Waals surface area (Å²) in [5, 5.41) is 14.3. The van der Waals surface area contributed by atoms with Crippen molar-refractivity contribution >= 4 is 40.0 Å². The highest BCUT2D eigenvalue weighted by Gasteiger charge is 2.22. The second-order valence-corrected chi connectivity index (χ2v) is 8.27. The molecular weight excluding hydrogens is 420 g/mol. The smallest absolute Gasteiger partial charge is 0.341 e. The number of ether oxygens (including phenoxy) is 1. The molecule has 0 saturated carbocycles. The van der Waals surface area contributed by atoms with Crippen LogP contribution in [-0.2, 0) is 22.5 Å². The number of hydrogen-bond acceptors (Lipinski definition) is 7. The molecule has 0 saturated heterocycles. The van der Waals surface area contributed by atoms with Crippen LogP contribution in [-0.4, -0.2) is 39.5 Å². The molecule has 0 radical (unpaired) electrons. The van der Waals surface area contributed by atoms with Crippen LogP contribution >= 0.6 is 23.1 Å². The van der Waals surface area contributed by atoms with E-state index in [0.29, 0.717) is 10.6 Å². The summed E-state index contributed by atoms with van der Waals surface area (Å²) < 4.78 is 7.01. The summed E-state index contributed by atoms with van der Waals surface area (Å²) in [5.74, 6) is 0.396. The first-order chi connectivity index (χ1) is 14.6. The number of aromatic nitrogens is 3. The SMILES string of the molecule is CCCn1c(CC)nnc1SCC(=O)Nc1scc(-c2ccccc2)c1C(=O)OC. The number of nitrogens with one attached hydrogen (secondary N) is 1. The van der Waals surface area contributed by atoms with Crippen LogP contribution in [0.25, 0.3) is 11.1 Å². The average molecular weight is 445 g/mol. The van der Waals surface area contributed by atoms with E-state index in [2.05, 4.69) is 27.0 Å². The van der Waals surface area contributed by atoms with Crippen LogP contribution in [0.3, 0.4) is 0 Å². The fourth-order valence-corrected chi connectivity index (χ4v) is 4.77. The molecule has 3 rings (SSSR count). The van der Waals surface area contributed by atoms with Crippen LogP contribution in [0, 0.1) is 0 Å². The molecule has 0 atom stereocenters. The Balaban J connectivity index is 1.75. The number of esters is 1. The van der Waals surface area contributed by atoms with Crippen LogP contribution < -0.4 is 5.32 Å². The molecule has 1 aromatic carbocycles. The number of aryl methyl sites for hydroxylation is 1. The maximum absolute atomic E-state index is 12.6. The van der Waals surface area contributed by atoms with Crippen LogP contribution in [0.4, 0.5) is 5.00 Å². The Morgan fingerprint density at radius 2 is 1.97 bits per heavy atom. The van der Waals surface area contributed by atoms with Crippen molar-refractivity contribution < 1.29 is 14.3 Å². The topological polar surface area (TPSA) is 86.1 Å². The number of anilines is 1. The van der Waals surface area contributed by atoms with Gasteiger partial charge in [0, 0.05) is 23.9 Å². The van der Waals surface area contributed by atoms with Gasteiger partial charge < -0.3 is 14.6 Å². The largest absolute Gasteiger partial charge is 0.465 e. The van der Waals surface area contributed by atoms with Gasteiger partial charge in [0.25, 0.3) is 0 Å². The van der Waals surface area contributed by atoms with Gasteiger partial charge in [-0.15, -0.1) is 21.5 Å². The first-order valence-corrected chi connectivity index (χ1v) is 11.5. The van der Waals surface area contributed by atoms with E-state index in [1.165, 1.54) is 30.2 Å². The molecule has 0 aliphatic carbocycles. The Morgan fingerprint density at radius 1 is 1.20 bits per heavy atom. The Morgan fingerprint density at radius 3 is 2.63 bits per heavy atom. The third kappa shape index (κ3) is 4.91. The summed E-state index contributed by atoms with van der Waals surface area (Å²) >= 11 is 2.65. The zero-order valence-electron chi connectivity index (χ0n) is 17.2. The third-order valence-corrected chi connectivity index (χ3v) is 6.27. The summed E-state index contributed by atoms with van der Waals surface area (Å²) in [7, 11) is 1.34. The number of amides is 1. The molecule has 1 amide bonds. The van der Waals surface area contributed by atoms with Crippen LogP contribution in [0.1, 0.15) is 36.5 Å². The Hall–Kier alpha value is -2.65. The number of benzene rings is 1. The predicted molar refractivity (Wildman–Crippen MR) is 120 cm³/mol. The molecule has 3 aromatic rings. The van der Waals surface area contributed by atoms with Crippen molar-refractivity contribution in [2.75, 3.05) is 18.2 Å². The lowest BCUT2D eigenvalue weighted by Gasteiger charge is -2.09. The molecular formula is C21H24N4O3S2. The number of methoxy groups -OCH3 is 1. The quantitative estimate of drug-likeness (QED) is 0.386. The van der Waals surface area contributed by atoms with Gasteiger partial charge in [0.15, 0.2) is 5.16 Å². The molecule has 158 valence electrons. The van der Waals surface area contributed by atoms with Crippen molar-refractivity contribution in [3.8, 4) is 11.1 Å². The summed E-state index contributed by atoms with van der Waals surface area (Å²) in [4.78, 5) is 25.0. The van der Waals surface area contributed by atoms with Gasteiger partial charge >= 0.3 is 5.97 Å². The molecule has 0 aliphatic heterocycles. The van der Waals surface area contributed by atoms with Crippen molar-refractivity contribution in [2.45, 2.75) is 38.4 Å². The number of carbonyl (C=O) groups excluding carboxylic acids is 2. The molecule has 9 heteroatoms. The first-order valence-electron chi connectivity index (χ1n) is 9.68. The Bertz CT molecular complexity index is 1010. The van der Waals surface area contributed by atoms with Gasteiger partial charge in [-0.05, 0) is 12.0 Å². The highest BCUT2D eigenvalue weighted by atomic mass is 32.2. The summed E-state index contributed by atoms with van der Waals surface area (Å²) in [6.45, 7) is 4.95. The number of nitrogens with zero attached hydrogens (tertiary/aromatic N) is 3. The molecule has 2 aromatic heterocycles. The van der Waals surface area contributed by atoms with Gasteiger partial charge in [-0.2, -0.15) is 0 Å². The monoisotopic (exact) mass is 444 g/mol. The number of thiophene rings is 1. The number of carbonyl (C=O) groups is 2. The predicted octanol–water partition coefficient (Wildman–Crippen LogP) is 4.50. The summed E-state index contributed by atoms with van der Waals surface area (Å²) in [6, 6.07) is 9.55. The van der Waals surface area contributed by atoms with Crippen molar-refractivity contribution in [3.05, 3.63) is 47.1 Å². The fraction of sp³-hybridized carbons (Fsp3) is 0.333. The van der Waals surface area contributed by atoms with Crippen LogP contribution in [0.5, 0.6) is 0 Å². The fourth-order valence-electron chi connectivity index (χ4n) is 3.01. The Kier molecular flexibility index (Phi) is 7.64. The van der Waals surface area contributed by atoms with E-state index < -0.39 is 5.97 Å². The molecule has 0 unspecified atom stereocenters. The van der Waals surface area contributed by atoms with Crippen LogP contribution in [0.2, 0.25) is 0 Å². The van der Waals surface area contributed by atoms with E-state index in [9.17, 15) is 9.59 Å². The molecule has 0 aliphatic rings. The normalized spacial score (nSPS) is 10.8. The maximum Gasteiger partial charge on any atom is 0.341 e. The minimum atomic E-state index is -0.478. The Labute approximate surface area is 183 Å². The van der Waals surface area contributed by atoms with E-state index in [1.807, 2.05) is 42.6 Å². The molecule has 0 bridgehead atoms. The number of rotatable bonds is 9. The lowest BCUT2D eigenvalue weighted by Crippen LogP contribution is -2.16. The van der Waals surface area contributed by atoms with Crippen LogP contribution in [0.15, 0.2) is 40.9 Å². The lowest BCUT2D eigenvalue weighted by atomic mass is 10.0. The first kappa shape index (κ1) is 22.0. The van der Waals surface area contributed by atoms with E-state index >= 15 is 0 Å². The second kappa shape index (κ2) is 10.4. The molecule has 0 fully saturated rings. The molecule has 7 nitrogen and oxygen atoms in total. The minimum absolute atomic E-state index is 0.171. The highest BCUT2D eigenvalue weighted by Crippen LogP contribution is 2.36. The standard InChI is InChI=1S/C21H24N4O3S2/c1-4-11-25-16(5-2)23-24-21(25)30-13-17(26)22-19-18(20(27)28-3)15(12-29-19)14-9-7-6-8-10-14/h6-10,12H,4-5,11,13H2,1-3H3,(H,22,26).